The summed E-state index contributed by atoms with van der Waals surface area (Å²) < 4.78 is 11.3. The highest BCUT2D eigenvalue weighted by molar-refractivity contribution is 5.68. The van der Waals surface area contributed by atoms with Gasteiger partial charge in [0.1, 0.15) is 0 Å². The van der Waals surface area contributed by atoms with Crippen molar-refractivity contribution in [1.29, 1.82) is 0 Å². The van der Waals surface area contributed by atoms with Crippen molar-refractivity contribution in [3.05, 3.63) is 46.6 Å². The molecule has 0 bridgehead atoms. The normalized spacial score (nSPS) is 31.7. The maximum Gasteiger partial charge on any atom is 0.303 e. The lowest BCUT2D eigenvalue weighted by Crippen LogP contribution is -2.38. The van der Waals surface area contributed by atoms with E-state index in [2.05, 4.69) is 13.0 Å². The van der Waals surface area contributed by atoms with E-state index in [1.807, 2.05) is 45.9 Å². The molecule has 0 saturated carbocycles. The molecular formula is C24H36O5. The molecule has 0 aromatic carbocycles. The molecule has 5 heteroatoms. The van der Waals surface area contributed by atoms with Crippen LogP contribution in [-0.2, 0) is 19.1 Å². The van der Waals surface area contributed by atoms with Crippen LogP contribution in [0.1, 0.15) is 67.7 Å². The van der Waals surface area contributed by atoms with Crippen LogP contribution in [0.2, 0.25) is 0 Å². The Morgan fingerprint density at radius 2 is 1.55 bits per heavy atom. The Morgan fingerprint density at radius 1 is 0.966 bits per heavy atom. The number of aliphatic hydroxyl groups is 1. The highest BCUT2D eigenvalue weighted by Crippen LogP contribution is 2.28. The van der Waals surface area contributed by atoms with Crippen LogP contribution in [0.5, 0.6) is 0 Å². The third-order valence-corrected chi connectivity index (χ3v) is 5.06. The average molecular weight is 405 g/mol. The fraction of sp³-hybridized carbons (Fsp3) is 0.583. The highest BCUT2D eigenvalue weighted by Gasteiger charge is 2.33. The maximum atomic E-state index is 11.9. The summed E-state index contributed by atoms with van der Waals surface area (Å²) in [5, 5.41) is 10.5. The van der Waals surface area contributed by atoms with Crippen LogP contribution in [0, 0.1) is 5.92 Å². The first-order valence-corrected chi connectivity index (χ1v) is 10.3. The molecule has 0 fully saturated rings. The fourth-order valence-corrected chi connectivity index (χ4v) is 3.26. The quantitative estimate of drug-likeness (QED) is 0.539. The van der Waals surface area contributed by atoms with E-state index >= 15 is 0 Å². The number of allylic oxidation sites excluding steroid dienone is 4. The fourth-order valence-electron chi connectivity index (χ4n) is 3.26. The van der Waals surface area contributed by atoms with Gasteiger partial charge in [0.25, 0.3) is 0 Å². The Balaban J connectivity index is 3.57. The standard InChI is InChI=1S/C24H36O5/c1-15(2)21-13-11-16(3)9-8-10-17(4)22(27)14-12-18(5)23(28-19(6)25)24(21)29-20(7)26/h10-13,15,22-24,27H,8-9,14H2,1-7H3/b16-11-,17-10+,18-12+,21-13+/t22-,23+,24+/m0/s1. The van der Waals surface area contributed by atoms with Gasteiger partial charge in [-0.3, -0.25) is 9.59 Å². The summed E-state index contributed by atoms with van der Waals surface area (Å²) >= 11 is 0. The van der Waals surface area contributed by atoms with Gasteiger partial charge in [-0.05, 0) is 62.7 Å². The third-order valence-electron chi connectivity index (χ3n) is 5.06. The summed E-state index contributed by atoms with van der Waals surface area (Å²) in [5.41, 5.74) is 3.71. The number of aliphatic hydroxyl groups excluding tert-OH is 1. The van der Waals surface area contributed by atoms with Crippen molar-refractivity contribution in [3.63, 3.8) is 0 Å². The van der Waals surface area contributed by atoms with Crippen molar-refractivity contribution < 1.29 is 24.2 Å². The molecular weight excluding hydrogens is 368 g/mol. The van der Waals surface area contributed by atoms with Crippen LogP contribution < -0.4 is 0 Å². The van der Waals surface area contributed by atoms with Crippen molar-refractivity contribution in [2.24, 2.45) is 5.92 Å². The molecule has 29 heavy (non-hydrogen) atoms. The van der Waals surface area contributed by atoms with Crippen LogP contribution in [0.15, 0.2) is 46.6 Å². The first-order valence-electron chi connectivity index (χ1n) is 10.3. The van der Waals surface area contributed by atoms with E-state index in [1.54, 1.807) is 0 Å². The number of carbonyl (C=O) groups is 2. The maximum absolute atomic E-state index is 11.9. The van der Waals surface area contributed by atoms with E-state index in [9.17, 15) is 14.7 Å². The van der Waals surface area contributed by atoms with Crippen LogP contribution in [0.3, 0.4) is 0 Å². The van der Waals surface area contributed by atoms with Crippen molar-refractivity contribution in [1.82, 2.24) is 0 Å². The van der Waals surface area contributed by atoms with Gasteiger partial charge in [-0.15, -0.1) is 0 Å². The Bertz CT molecular complexity index is 709. The molecule has 0 heterocycles. The minimum atomic E-state index is -0.752. The van der Waals surface area contributed by atoms with Gasteiger partial charge in [0, 0.05) is 13.8 Å². The molecule has 3 atom stereocenters. The smallest absolute Gasteiger partial charge is 0.303 e. The van der Waals surface area contributed by atoms with Crippen molar-refractivity contribution >= 4 is 11.9 Å². The SMILES string of the molecule is CC(=O)O[C@@H]1/C(C)=C/C[C@H](O)/C(C)=C/CC/C(C)=C\C=C(/C(C)C)[C@H]1OC(C)=O. The minimum absolute atomic E-state index is 0.0786. The minimum Gasteiger partial charge on any atom is -0.454 e. The van der Waals surface area contributed by atoms with E-state index in [4.69, 9.17) is 9.47 Å². The largest absolute Gasteiger partial charge is 0.454 e. The molecule has 1 rings (SSSR count). The second-order valence-electron chi connectivity index (χ2n) is 8.08. The lowest BCUT2D eigenvalue weighted by molar-refractivity contribution is -0.160. The number of ether oxygens (including phenoxy) is 2. The van der Waals surface area contributed by atoms with Crippen molar-refractivity contribution in [3.8, 4) is 0 Å². The van der Waals surface area contributed by atoms with Gasteiger partial charge >= 0.3 is 11.9 Å². The molecule has 1 N–H and O–H groups in total. The van der Waals surface area contributed by atoms with E-state index in [-0.39, 0.29) is 5.92 Å². The van der Waals surface area contributed by atoms with Crippen molar-refractivity contribution in [2.75, 3.05) is 0 Å². The molecule has 0 unspecified atom stereocenters. The predicted molar refractivity (Wildman–Crippen MR) is 115 cm³/mol. The molecule has 0 aromatic heterocycles. The third kappa shape index (κ3) is 8.40. The Hall–Kier alpha value is -2.14. The molecule has 1 aliphatic carbocycles. The number of esters is 2. The van der Waals surface area contributed by atoms with Crippen LogP contribution in [0.4, 0.5) is 0 Å². The van der Waals surface area contributed by atoms with E-state index in [0.29, 0.717) is 6.42 Å². The number of carbonyl (C=O) groups excluding carboxylic acids is 2. The monoisotopic (exact) mass is 404 g/mol. The highest BCUT2D eigenvalue weighted by atomic mass is 16.6. The molecule has 0 radical (unpaired) electrons. The molecule has 162 valence electrons. The van der Waals surface area contributed by atoms with Gasteiger partial charge in [0.2, 0.25) is 0 Å². The van der Waals surface area contributed by atoms with Crippen LogP contribution in [0.25, 0.3) is 0 Å². The molecule has 5 nitrogen and oxygen atoms in total. The zero-order valence-corrected chi connectivity index (χ0v) is 18.8. The summed E-state index contributed by atoms with van der Waals surface area (Å²) in [6, 6.07) is 0. The lowest BCUT2D eigenvalue weighted by atomic mass is 9.89. The van der Waals surface area contributed by atoms with Crippen molar-refractivity contribution in [2.45, 2.75) is 86.0 Å². The average Bonchev–Trinajstić information content (AvgIpc) is 2.61. The van der Waals surface area contributed by atoms with Gasteiger partial charge in [-0.1, -0.05) is 43.7 Å². The Morgan fingerprint density at radius 3 is 2.10 bits per heavy atom. The van der Waals surface area contributed by atoms with Gasteiger partial charge in [0.05, 0.1) is 6.10 Å². The van der Waals surface area contributed by atoms with E-state index in [1.165, 1.54) is 19.4 Å². The van der Waals surface area contributed by atoms with Gasteiger partial charge in [-0.25, -0.2) is 0 Å². The topological polar surface area (TPSA) is 72.8 Å². The van der Waals surface area contributed by atoms with Gasteiger partial charge < -0.3 is 14.6 Å². The molecule has 0 saturated heterocycles. The van der Waals surface area contributed by atoms with Crippen LogP contribution >= 0.6 is 0 Å². The molecule has 1 aliphatic rings. The second kappa shape index (κ2) is 11.8. The Labute approximate surface area is 175 Å². The molecule has 0 aromatic rings. The van der Waals surface area contributed by atoms with E-state index in [0.717, 1.165) is 29.6 Å². The summed E-state index contributed by atoms with van der Waals surface area (Å²) in [6.07, 6.45) is 7.96. The Kier molecular flexibility index (Phi) is 10.1. The number of rotatable bonds is 3. The predicted octanol–water partition coefficient (Wildman–Crippen LogP) is 4.82. The zero-order valence-electron chi connectivity index (χ0n) is 18.8. The number of hydrogen-bond acceptors (Lipinski definition) is 5. The summed E-state index contributed by atoms with van der Waals surface area (Å²) in [5.74, 6) is -0.811. The number of hydrogen-bond donors (Lipinski definition) is 1. The molecule has 0 amide bonds. The zero-order chi connectivity index (χ0) is 22.1. The van der Waals surface area contributed by atoms with Gasteiger partial charge in [0.15, 0.2) is 12.2 Å². The molecule has 0 aliphatic heterocycles. The first-order chi connectivity index (χ1) is 13.5. The van der Waals surface area contributed by atoms with Crippen LogP contribution in [-0.4, -0.2) is 35.4 Å². The second-order valence-corrected chi connectivity index (χ2v) is 8.08. The lowest BCUT2D eigenvalue weighted by Gasteiger charge is -2.31. The van der Waals surface area contributed by atoms with E-state index < -0.39 is 30.3 Å². The summed E-state index contributed by atoms with van der Waals surface area (Å²) in [7, 11) is 0. The summed E-state index contributed by atoms with van der Waals surface area (Å²) in [4.78, 5) is 23.7. The summed E-state index contributed by atoms with van der Waals surface area (Å²) in [6.45, 7) is 12.5. The van der Waals surface area contributed by atoms with Gasteiger partial charge in [-0.2, -0.15) is 0 Å². The molecule has 0 spiro atoms. The first kappa shape index (κ1) is 24.9.